The number of Topliss-reactive ketones (excluding diaryl/α,β-unsaturated/α-hetero) is 1. The zero-order valence-corrected chi connectivity index (χ0v) is 12.1. The van der Waals surface area contributed by atoms with E-state index >= 15 is 0 Å². The average molecular weight is 264 g/mol. The molecular weight excluding hydrogens is 240 g/mol. The van der Waals surface area contributed by atoms with Gasteiger partial charge in [-0.3, -0.25) is 4.79 Å². The number of ketones is 1. The monoisotopic (exact) mass is 264 g/mol. The van der Waals surface area contributed by atoms with Crippen molar-refractivity contribution < 1.29 is 14.3 Å². The fourth-order valence-electron chi connectivity index (χ4n) is 2.37. The van der Waals surface area contributed by atoms with Gasteiger partial charge in [-0.05, 0) is 26.2 Å². The van der Waals surface area contributed by atoms with Crippen molar-refractivity contribution in [1.29, 1.82) is 0 Å². The summed E-state index contributed by atoms with van der Waals surface area (Å²) in [5.74, 6) is 5.45. The predicted octanol–water partition coefficient (Wildman–Crippen LogP) is 3.26. The van der Waals surface area contributed by atoms with E-state index in [1.807, 2.05) is 0 Å². The zero-order valence-electron chi connectivity index (χ0n) is 12.1. The second-order valence-electron chi connectivity index (χ2n) is 5.01. The number of rotatable bonds is 6. The maximum Gasteiger partial charge on any atom is 0.331 e. The molecule has 0 amide bonds. The molecule has 1 saturated carbocycles. The van der Waals surface area contributed by atoms with Gasteiger partial charge in [0.05, 0.1) is 6.61 Å². The van der Waals surface area contributed by atoms with Crippen molar-refractivity contribution in [3.8, 4) is 11.8 Å². The number of carbonyl (C=O) groups is 2. The fraction of sp³-hybridized carbons (Fsp3) is 0.750. The van der Waals surface area contributed by atoms with Crippen molar-refractivity contribution >= 4 is 11.8 Å². The van der Waals surface area contributed by atoms with Crippen LogP contribution in [0, 0.1) is 17.3 Å². The Morgan fingerprint density at radius 1 is 1.32 bits per heavy atom. The van der Waals surface area contributed by atoms with Crippen LogP contribution in [0.5, 0.6) is 0 Å². The molecule has 1 atom stereocenters. The number of unbranched alkanes of at least 4 members (excludes halogenated alkanes) is 4. The summed E-state index contributed by atoms with van der Waals surface area (Å²) in [5, 5.41) is 0. The topological polar surface area (TPSA) is 43.4 Å². The molecule has 19 heavy (non-hydrogen) atoms. The van der Waals surface area contributed by atoms with E-state index in [-0.39, 0.29) is 5.78 Å². The van der Waals surface area contributed by atoms with E-state index in [1.54, 1.807) is 6.92 Å². The molecule has 0 aromatic carbocycles. The Kier molecular flexibility index (Phi) is 6.62. The van der Waals surface area contributed by atoms with Gasteiger partial charge in [-0.1, -0.05) is 32.1 Å². The van der Waals surface area contributed by atoms with Crippen LogP contribution in [0.15, 0.2) is 0 Å². The van der Waals surface area contributed by atoms with Gasteiger partial charge in [-0.15, -0.1) is 5.92 Å². The highest BCUT2D eigenvalue weighted by atomic mass is 16.5. The first-order chi connectivity index (χ1) is 9.17. The van der Waals surface area contributed by atoms with Gasteiger partial charge < -0.3 is 4.74 Å². The second kappa shape index (κ2) is 7.99. The van der Waals surface area contributed by atoms with Gasteiger partial charge in [0.15, 0.2) is 11.2 Å². The molecule has 0 bridgehead atoms. The van der Waals surface area contributed by atoms with E-state index < -0.39 is 11.4 Å². The molecule has 1 fully saturated rings. The van der Waals surface area contributed by atoms with Gasteiger partial charge in [-0.2, -0.15) is 0 Å². The van der Waals surface area contributed by atoms with Gasteiger partial charge in [0, 0.05) is 12.8 Å². The minimum absolute atomic E-state index is 0.0630. The van der Waals surface area contributed by atoms with Crippen LogP contribution < -0.4 is 0 Å². The molecule has 0 N–H and O–H groups in total. The third kappa shape index (κ3) is 4.09. The summed E-state index contributed by atoms with van der Waals surface area (Å²) >= 11 is 0. The van der Waals surface area contributed by atoms with Crippen molar-refractivity contribution in [1.82, 2.24) is 0 Å². The molecular formula is C16H24O3. The van der Waals surface area contributed by atoms with E-state index in [0.717, 1.165) is 25.7 Å². The molecule has 0 saturated heterocycles. The maximum atomic E-state index is 12.0. The van der Waals surface area contributed by atoms with Crippen molar-refractivity contribution in [2.45, 2.75) is 65.2 Å². The first-order valence-corrected chi connectivity index (χ1v) is 7.38. The molecule has 1 unspecified atom stereocenters. The van der Waals surface area contributed by atoms with Gasteiger partial charge in [0.25, 0.3) is 0 Å². The Balaban J connectivity index is 2.63. The summed E-state index contributed by atoms with van der Waals surface area (Å²) < 4.78 is 5.03. The smallest absolute Gasteiger partial charge is 0.331 e. The zero-order chi connectivity index (χ0) is 14.1. The van der Waals surface area contributed by atoms with E-state index in [9.17, 15) is 9.59 Å². The van der Waals surface area contributed by atoms with E-state index in [1.165, 1.54) is 12.8 Å². The molecule has 0 spiro atoms. The Bertz CT molecular complexity index is 375. The molecule has 0 aromatic rings. The quantitative estimate of drug-likeness (QED) is 0.320. The lowest BCUT2D eigenvalue weighted by molar-refractivity contribution is -0.154. The lowest BCUT2D eigenvalue weighted by Crippen LogP contribution is -2.35. The Hall–Kier alpha value is -1.30. The van der Waals surface area contributed by atoms with Gasteiger partial charge in [0.1, 0.15) is 0 Å². The van der Waals surface area contributed by atoms with Crippen LogP contribution in [0.2, 0.25) is 0 Å². The molecule has 3 nitrogen and oxygen atoms in total. The molecule has 1 rings (SSSR count). The van der Waals surface area contributed by atoms with Gasteiger partial charge in [-0.25, -0.2) is 4.79 Å². The largest absolute Gasteiger partial charge is 0.465 e. The van der Waals surface area contributed by atoms with Crippen molar-refractivity contribution in [2.24, 2.45) is 5.41 Å². The highest BCUT2D eigenvalue weighted by molar-refractivity contribution is 6.08. The Morgan fingerprint density at radius 2 is 2.11 bits per heavy atom. The summed E-state index contributed by atoms with van der Waals surface area (Å²) in [4.78, 5) is 24.0. The lowest BCUT2D eigenvalue weighted by Gasteiger charge is -2.18. The van der Waals surface area contributed by atoms with Crippen LogP contribution in [0.1, 0.15) is 65.2 Å². The molecule has 106 valence electrons. The lowest BCUT2D eigenvalue weighted by atomic mass is 9.86. The van der Waals surface area contributed by atoms with Crippen LogP contribution in [-0.4, -0.2) is 18.4 Å². The van der Waals surface area contributed by atoms with Gasteiger partial charge >= 0.3 is 5.97 Å². The third-order valence-corrected chi connectivity index (χ3v) is 3.51. The first-order valence-electron chi connectivity index (χ1n) is 7.38. The number of hydrogen-bond donors (Lipinski definition) is 0. The van der Waals surface area contributed by atoms with Gasteiger partial charge in [0.2, 0.25) is 0 Å². The standard InChI is InChI=1S/C16H24O3/c1-3-5-6-7-8-9-12-16(15(18)19-4-2)13-10-11-14(16)17/h3-8,10-11,13H2,1-2H3. The second-order valence-corrected chi connectivity index (χ2v) is 5.01. The third-order valence-electron chi connectivity index (χ3n) is 3.51. The number of ether oxygens (including phenoxy) is 1. The summed E-state index contributed by atoms with van der Waals surface area (Å²) in [6.45, 7) is 4.22. The molecule has 0 heterocycles. The molecule has 0 radical (unpaired) electrons. The Labute approximate surface area is 116 Å². The molecule has 1 aliphatic carbocycles. The number of carbonyl (C=O) groups excluding carboxylic acids is 2. The molecule has 1 aliphatic rings. The summed E-state index contributed by atoms with van der Waals surface area (Å²) in [6, 6.07) is 0. The maximum absolute atomic E-state index is 12.0. The minimum Gasteiger partial charge on any atom is -0.465 e. The van der Waals surface area contributed by atoms with E-state index in [0.29, 0.717) is 19.4 Å². The summed E-state index contributed by atoms with van der Waals surface area (Å²) in [6.07, 6.45) is 7.06. The van der Waals surface area contributed by atoms with Crippen LogP contribution >= 0.6 is 0 Å². The number of hydrogen-bond acceptors (Lipinski definition) is 3. The highest BCUT2D eigenvalue weighted by Gasteiger charge is 2.48. The Morgan fingerprint density at radius 3 is 2.68 bits per heavy atom. The minimum atomic E-state index is -1.15. The van der Waals surface area contributed by atoms with Crippen molar-refractivity contribution in [3.05, 3.63) is 0 Å². The fourth-order valence-corrected chi connectivity index (χ4v) is 2.37. The molecule has 3 heteroatoms. The normalized spacial score (nSPS) is 21.9. The predicted molar refractivity (Wildman–Crippen MR) is 74.5 cm³/mol. The summed E-state index contributed by atoms with van der Waals surface area (Å²) in [7, 11) is 0. The molecule has 0 aliphatic heterocycles. The van der Waals surface area contributed by atoms with Crippen LogP contribution in [0.3, 0.4) is 0 Å². The average Bonchev–Trinajstić information content (AvgIpc) is 2.76. The van der Waals surface area contributed by atoms with E-state index in [2.05, 4.69) is 18.8 Å². The van der Waals surface area contributed by atoms with Crippen molar-refractivity contribution in [3.63, 3.8) is 0 Å². The SMILES string of the molecule is CCCCCCC#CC1(C(=O)OCC)CCCC1=O. The summed E-state index contributed by atoms with van der Waals surface area (Å²) in [5.41, 5.74) is -1.15. The highest BCUT2D eigenvalue weighted by Crippen LogP contribution is 2.35. The first kappa shape index (κ1) is 15.8. The van der Waals surface area contributed by atoms with Crippen molar-refractivity contribution in [2.75, 3.05) is 6.61 Å². The van der Waals surface area contributed by atoms with Crippen LogP contribution in [0.4, 0.5) is 0 Å². The van der Waals surface area contributed by atoms with Crippen LogP contribution in [0.25, 0.3) is 0 Å². The van der Waals surface area contributed by atoms with Crippen LogP contribution in [-0.2, 0) is 14.3 Å². The number of esters is 1. The van der Waals surface area contributed by atoms with E-state index in [4.69, 9.17) is 4.74 Å². The molecule has 0 aromatic heterocycles.